The molecule has 0 amide bonds. The lowest BCUT2D eigenvalue weighted by Crippen LogP contribution is -2.33. The van der Waals surface area contributed by atoms with E-state index in [1.807, 2.05) is 0 Å². The van der Waals surface area contributed by atoms with Gasteiger partial charge in [-0.25, -0.2) is 0 Å². The number of nitrogens with one attached hydrogen (secondary N) is 2. The van der Waals surface area contributed by atoms with Crippen molar-refractivity contribution in [3.05, 3.63) is 80.7 Å². The van der Waals surface area contributed by atoms with Crippen LogP contribution in [0.25, 0.3) is 11.1 Å². The molecule has 1 aliphatic carbocycles. The number of fused-ring (bicyclic) bond motifs is 7. The Morgan fingerprint density at radius 1 is 0.583 bits per heavy atom. The zero-order chi connectivity index (χ0) is 16.3. The molecule has 24 heavy (non-hydrogen) atoms. The molecule has 3 aromatic rings. The Bertz CT molecular complexity index is 889. The molecule has 0 saturated heterocycles. The summed E-state index contributed by atoms with van der Waals surface area (Å²) < 4.78 is 2.14. The van der Waals surface area contributed by atoms with Gasteiger partial charge in [-0.15, -0.1) is 0 Å². The van der Waals surface area contributed by atoms with Crippen molar-refractivity contribution in [2.75, 3.05) is 10.6 Å². The van der Waals surface area contributed by atoms with Gasteiger partial charge in [-0.05, 0) is 66.2 Å². The second-order valence-electron chi connectivity index (χ2n) is 6.20. The Morgan fingerprint density at radius 3 is 1.46 bits per heavy atom. The van der Waals surface area contributed by atoms with Gasteiger partial charge in [-0.3, -0.25) is 0 Å². The summed E-state index contributed by atoms with van der Waals surface area (Å²) >= 11 is 7.36. The zero-order valence-electron chi connectivity index (χ0n) is 12.7. The van der Waals surface area contributed by atoms with Crippen molar-refractivity contribution in [1.82, 2.24) is 0 Å². The van der Waals surface area contributed by atoms with Gasteiger partial charge in [0.1, 0.15) is 0 Å². The van der Waals surface area contributed by atoms with Gasteiger partial charge >= 0.3 is 0 Å². The maximum atomic E-state index is 3.77. The maximum Gasteiger partial charge on any atom is 0.0764 e. The summed E-state index contributed by atoms with van der Waals surface area (Å²) in [6.45, 7) is 0. The number of benzene rings is 3. The van der Waals surface area contributed by atoms with E-state index in [1.54, 1.807) is 0 Å². The van der Waals surface area contributed by atoms with E-state index in [2.05, 4.69) is 103 Å². The zero-order valence-corrected chi connectivity index (χ0v) is 15.9. The first-order valence-electron chi connectivity index (χ1n) is 7.93. The minimum absolute atomic E-state index is 0.203. The van der Waals surface area contributed by atoms with E-state index >= 15 is 0 Å². The minimum Gasteiger partial charge on any atom is -0.373 e. The molecule has 0 spiro atoms. The van der Waals surface area contributed by atoms with E-state index in [0.717, 1.165) is 20.3 Å². The highest BCUT2D eigenvalue weighted by atomic mass is 79.9. The fourth-order valence-electron chi connectivity index (χ4n) is 3.85. The van der Waals surface area contributed by atoms with Crippen molar-refractivity contribution in [3.63, 3.8) is 0 Å². The molecule has 3 aromatic carbocycles. The van der Waals surface area contributed by atoms with Crippen LogP contribution >= 0.6 is 31.9 Å². The second-order valence-corrected chi connectivity index (χ2v) is 7.91. The summed E-state index contributed by atoms with van der Waals surface area (Å²) in [4.78, 5) is 0. The molecule has 2 nitrogen and oxygen atoms in total. The van der Waals surface area contributed by atoms with Crippen LogP contribution < -0.4 is 10.6 Å². The van der Waals surface area contributed by atoms with E-state index in [0.29, 0.717) is 0 Å². The first-order chi connectivity index (χ1) is 11.7. The Balaban J connectivity index is 1.77. The van der Waals surface area contributed by atoms with E-state index in [1.165, 1.54) is 22.3 Å². The molecular formula is C20H14Br2N2. The Labute approximate surface area is 157 Å². The van der Waals surface area contributed by atoms with Crippen molar-refractivity contribution in [2.24, 2.45) is 0 Å². The lowest BCUT2D eigenvalue weighted by Gasteiger charge is -2.42. The topological polar surface area (TPSA) is 24.1 Å². The molecule has 118 valence electrons. The van der Waals surface area contributed by atoms with Gasteiger partial charge in [0.2, 0.25) is 0 Å². The third-order valence-corrected chi connectivity index (χ3v) is 6.24. The SMILES string of the molecule is Brc1ccc(Br)c2c1NC1c3ccccc3-c3ccccc3C1N2. The first kappa shape index (κ1) is 14.6. The molecule has 1 aliphatic heterocycles. The van der Waals surface area contributed by atoms with E-state index in [-0.39, 0.29) is 12.1 Å². The van der Waals surface area contributed by atoms with Crippen molar-refractivity contribution in [2.45, 2.75) is 12.1 Å². The molecule has 0 bridgehead atoms. The Morgan fingerprint density at radius 2 is 1.00 bits per heavy atom. The van der Waals surface area contributed by atoms with Crippen LogP contribution in [0.1, 0.15) is 23.2 Å². The molecule has 5 rings (SSSR count). The molecule has 0 radical (unpaired) electrons. The summed E-state index contributed by atoms with van der Waals surface area (Å²) in [5, 5.41) is 7.53. The molecule has 2 aliphatic rings. The molecular weight excluding hydrogens is 428 g/mol. The lowest BCUT2D eigenvalue weighted by atomic mass is 9.78. The molecule has 1 heterocycles. The van der Waals surface area contributed by atoms with Gasteiger partial charge in [0, 0.05) is 8.95 Å². The van der Waals surface area contributed by atoms with Crippen LogP contribution in [0.2, 0.25) is 0 Å². The number of rotatable bonds is 0. The van der Waals surface area contributed by atoms with Crippen LogP contribution in [0.5, 0.6) is 0 Å². The Hall–Kier alpha value is -1.78. The van der Waals surface area contributed by atoms with Gasteiger partial charge < -0.3 is 10.6 Å². The quantitative estimate of drug-likeness (QED) is 0.415. The highest BCUT2D eigenvalue weighted by molar-refractivity contribution is 9.11. The van der Waals surface area contributed by atoms with Gasteiger partial charge in [0.05, 0.1) is 23.5 Å². The standard InChI is InChI=1S/C20H14Br2N2/c21-15-9-10-16(22)20-19(15)23-17-13-7-3-1-5-11(13)12-6-2-4-8-14(12)18(17)24-20/h1-10,17-18,23-24H. The van der Waals surface area contributed by atoms with Crippen molar-refractivity contribution < 1.29 is 0 Å². The molecule has 0 fully saturated rings. The monoisotopic (exact) mass is 440 g/mol. The minimum atomic E-state index is 0.203. The van der Waals surface area contributed by atoms with Crippen LogP contribution in [-0.2, 0) is 0 Å². The van der Waals surface area contributed by atoms with Gasteiger partial charge in [-0.2, -0.15) is 0 Å². The first-order valence-corrected chi connectivity index (χ1v) is 9.52. The molecule has 2 atom stereocenters. The maximum absolute atomic E-state index is 3.77. The largest absolute Gasteiger partial charge is 0.373 e. The number of hydrogen-bond acceptors (Lipinski definition) is 2. The highest BCUT2D eigenvalue weighted by Gasteiger charge is 2.37. The lowest BCUT2D eigenvalue weighted by molar-refractivity contribution is 0.627. The van der Waals surface area contributed by atoms with Gasteiger partial charge in [0.25, 0.3) is 0 Å². The van der Waals surface area contributed by atoms with E-state index in [4.69, 9.17) is 0 Å². The summed E-state index contributed by atoms with van der Waals surface area (Å²) in [6.07, 6.45) is 0. The Kier molecular flexibility index (Phi) is 3.25. The number of halogens is 2. The second kappa shape index (κ2) is 5.36. The van der Waals surface area contributed by atoms with Crippen LogP contribution in [0.4, 0.5) is 11.4 Å². The van der Waals surface area contributed by atoms with E-state index < -0.39 is 0 Å². The molecule has 4 heteroatoms. The smallest absolute Gasteiger partial charge is 0.0764 e. The third-order valence-electron chi connectivity index (χ3n) is 4.92. The molecule has 2 N–H and O–H groups in total. The van der Waals surface area contributed by atoms with Crippen LogP contribution in [0, 0.1) is 0 Å². The molecule has 0 saturated carbocycles. The van der Waals surface area contributed by atoms with Crippen LogP contribution in [-0.4, -0.2) is 0 Å². The average Bonchev–Trinajstić information content (AvgIpc) is 2.64. The fourth-order valence-corrected chi connectivity index (χ4v) is 4.74. The molecule has 0 aromatic heterocycles. The number of hydrogen-bond donors (Lipinski definition) is 2. The van der Waals surface area contributed by atoms with Gasteiger partial charge in [-0.1, -0.05) is 48.5 Å². The van der Waals surface area contributed by atoms with Crippen molar-refractivity contribution >= 4 is 43.2 Å². The normalized spacial score (nSPS) is 19.9. The predicted molar refractivity (Wildman–Crippen MR) is 106 cm³/mol. The van der Waals surface area contributed by atoms with E-state index in [9.17, 15) is 0 Å². The summed E-state index contributed by atoms with van der Waals surface area (Å²) in [5.74, 6) is 0. The van der Waals surface area contributed by atoms with Crippen molar-refractivity contribution in [3.8, 4) is 11.1 Å². The fraction of sp³-hybridized carbons (Fsp3) is 0.100. The van der Waals surface area contributed by atoms with Crippen LogP contribution in [0.15, 0.2) is 69.6 Å². The molecule has 2 unspecified atom stereocenters. The number of anilines is 2. The van der Waals surface area contributed by atoms with Crippen LogP contribution in [0.3, 0.4) is 0 Å². The van der Waals surface area contributed by atoms with Crippen molar-refractivity contribution in [1.29, 1.82) is 0 Å². The third kappa shape index (κ3) is 1.99. The summed E-state index contributed by atoms with van der Waals surface area (Å²) in [7, 11) is 0. The predicted octanol–water partition coefficient (Wildman–Crippen LogP) is 6.51. The van der Waals surface area contributed by atoms with Gasteiger partial charge in [0.15, 0.2) is 0 Å². The average molecular weight is 442 g/mol. The highest BCUT2D eigenvalue weighted by Crippen LogP contribution is 2.53. The summed E-state index contributed by atoms with van der Waals surface area (Å²) in [5.41, 5.74) is 7.54. The summed E-state index contributed by atoms with van der Waals surface area (Å²) in [6, 6.07) is 21.9.